The number of carbonyl (C=O) groups excluding carboxylic acids is 1. The third-order valence-electron chi connectivity index (χ3n) is 6.55. The minimum absolute atomic E-state index is 0.0312. The van der Waals surface area contributed by atoms with E-state index in [2.05, 4.69) is 62.5 Å². The molecule has 1 heteroatoms. The van der Waals surface area contributed by atoms with E-state index in [1.807, 2.05) is 0 Å². The molecule has 0 radical (unpaired) electrons. The van der Waals surface area contributed by atoms with Crippen molar-refractivity contribution in [3.05, 3.63) is 82.0 Å². The summed E-state index contributed by atoms with van der Waals surface area (Å²) in [6.07, 6.45) is 19.3. The van der Waals surface area contributed by atoms with Crippen molar-refractivity contribution in [3.63, 3.8) is 0 Å². The van der Waals surface area contributed by atoms with Gasteiger partial charge in [-0.05, 0) is 40.4 Å². The number of fused-ring (bicyclic) bond motifs is 1. The van der Waals surface area contributed by atoms with E-state index < -0.39 is 0 Å². The maximum atomic E-state index is 12.2. The van der Waals surface area contributed by atoms with Gasteiger partial charge in [0, 0.05) is 22.8 Å². The van der Waals surface area contributed by atoms with Crippen LogP contribution in [-0.2, 0) is 4.79 Å². The van der Waals surface area contributed by atoms with Crippen LogP contribution in [0.15, 0.2) is 82.0 Å². The van der Waals surface area contributed by atoms with Gasteiger partial charge in [0.25, 0.3) is 0 Å². The lowest BCUT2D eigenvalue weighted by atomic mass is 9.46. The fraction of sp³-hybridized carbons (Fsp3) is 0.286. The van der Waals surface area contributed by atoms with Crippen molar-refractivity contribution < 1.29 is 4.79 Å². The van der Waals surface area contributed by atoms with E-state index in [4.69, 9.17) is 0 Å². The summed E-state index contributed by atoms with van der Waals surface area (Å²) in [4.78, 5) is 12.2. The van der Waals surface area contributed by atoms with Gasteiger partial charge in [0.1, 0.15) is 0 Å². The number of hydrogen-bond donors (Lipinski definition) is 0. The molecule has 0 aromatic heterocycles. The number of Topliss-reactive ketones (excluding diaryl/α,β-unsaturated/α-hetero) is 1. The lowest BCUT2D eigenvalue weighted by molar-refractivity contribution is -0.114. The number of rotatable bonds is 0. The zero-order valence-corrected chi connectivity index (χ0v) is 12.9. The molecule has 1 nitrogen and oxygen atoms in total. The van der Waals surface area contributed by atoms with Gasteiger partial charge in [0.2, 0.25) is 0 Å². The zero-order valence-electron chi connectivity index (χ0n) is 12.9. The maximum Gasteiger partial charge on any atom is 0.163 e. The molecule has 0 bridgehead atoms. The Labute approximate surface area is 130 Å². The predicted molar refractivity (Wildman–Crippen MR) is 88.1 cm³/mol. The van der Waals surface area contributed by atoms with E-state index >= 15 is 0 Å². The summed E-state index contributed by atoms with van der Waals surface area (Å²) in [5.41, 5.74) is 7.55. The van der Waals surface area contributed by atoms with E-state index in [0.717, 1.165) is 12.0 Å². The highest BCUT2D eigenvalue weighted by Gasteiger charge is 2.57. The first-order valence-electron chi connectivity index (χ1n) is 8.05. The SMILES string of the molecule is C[C@@]12C3=CC=CC1=CC=C1C=C4C(=O)CCC4=C(C=C3)[C@]12C. The van der Waals surface area contributed by atoms with E-state index in [1.165, 1.54) is 27.9 Å². The highest BCUT2D eigenvalue weighted by atomic mass is 16.1. The molecule has 0 unspecified atom stereocenters. The molecule has 1 saturated carbocycles. The first-order chi connectivity index (χ1) is 10.6. The molecular weight excluding hydrogens is 268 g/mol. The molecule has 5 aliphatic rings. The van der Waals surface area contributed by atoms with Gasteiger partial charge in [0.05, 0.1) is 0 Å². The molecule has 22 heavy (non-hydrogen) atoms. The lowest BCUT2D eigenvalue weighted by Crippen LogP contribution is -2.47. The minimum atomic E-state index is -0.0636. The Hall–Kier alpha value is -2.15. The van der Waals surface area contributed by atoms with E-state index in [1.54, 1.807) is 0 Å². The molecule has 5 aliphatic carbocycles. The second-order valence-corrected chi connectivity index (χ2v) is 7.18. The van der Waals surface area contributed by atoms with Crippen molar-refractivity contribution in [2.75, 3.05) is 0 Å². The van der Waals surface area contributed by atoms with Crippen LogP contribution in [0.25, 0.3) is 0 Å². The normalized spacial score (nSPS) is 37.3. The third-order valence-corrected chi connectivity index (χ3v) is 6.55. The monoisotopic (exact) mass is 286 g/mol. The van der Waals surface area contributed by atoms with Crippen molar-refractivity contribution in [2.24, 2.45) is 10.8 Å². The van der Waals surface area contributed by atoms with Crippen LogP contribution in [0.3, 0.4) is 0 Å². The molecule has 0 spiro atoms. The Bertz CT molecular complexity index is 866. The number of allylic oxidation sites excluding steroid dienone is 14. The van der Waals surface area contributed by atoms with Gasteiger partial charge in [-0.3, -0.25) is 4.79 Å². The summed E-state index contributed by atoms with van der Waals surface area (Å²) in [7, 11) is 0. The smallest absolute Gasteiger partial charge is 0.163 e. The lowest BCUT2D eigenvalue weighted by Gasteiger charge is -2.56. The van der Waals surface area contributed by atoms with Crippen molar-refractivity contribution in [3.8, 4) is 0 Å². The average molecular weight is 286 g/mol. The molecule has 0 saturated heterocycles. The molecule has 5 rings (SSSR count). The molecule has 0 N–H and O–H groups in total. The minimum Gasteiger partial charge on any atom is -0.294 e. The standard InChI is InChI=1S/C21H18O/c1-20-13-4-3-5-14(20)8-10-18-16-9-11-19(22)17(16)12-15(7-6-13)21(18,20)2/h3-8,10,12H,9,11H2,1-2H3/t20-,21-/m0/s1. The van der Waals surface area contributed by atoms with Crippen molar-refractivity contribution >= 4 is 5.78 Å². The Kier molecular flexibility index (Phi) is 2.03. The van der Waals surface area contributed by atoms with Crippen molar-refractivity contribution in [1.29, 1.82) is 0 Å². The molecular formula is C21H18O. The fourth-order valence-corrected chi connectivity index (χ4v) is 5.05. The van der Waals surface area contributed by atoms with Crippen LogP contribution < -0.4 is 0 Å². The van der Waals surface area contributed by atoms with Crippen LogP contribution in [-0.4, -0.2) is 5.78 Å². The van der Waals surface area contributed by atoms with Gasteiger partial charge in [0.15, 0.2) is 5.78 Å². The summed E-state index contributed by atoms with van der Waals surface area (Å²) in [5.74, 6) is 0.309. The first kappa shape index (κ1) is 12.4. The van der Waals surface area contributed by atoms with Gasteiger partial charge in [-0.1, -0.05) is 56.4 Å². The molecule has 108 valence electrons. The highest BCUT2D eigenvalue weighted by Crippen LogP contribution is 2.66. The highest BCUT2D eigenvalue weighted by molar-refractivity contribution is 6.04. The van der Waals surface area contributed by atoms with Crippen LogP contribution in [0.5, 0.6) is 0 Å². The average Bonchev–Trinajstić information content (AvgIpc) is 2.86. The quantitative estimate of drug-likeness (QED) is 0.639. The van der Waals surface area contributed by atoms with Crippen LogP contribution >= 0.6 is 0 Å². The largest absolute Gasteiger partial charge is 0.294 e. The van der Waals surface area contributed by atoms with E-state index in [9.17, 15) is 4.79 Å². The molecule has 0 aromatic rings. The van der Waals surface area contributed by atoms with Gasteiger partial charge in [-0.25, -0.2) is 0 Å². The molecule has 1 fully saturated rings. The predicted octanol–water partition coefficient (Wildman–Crippen LogP) is 4.53. The van der Waals surface area contributed by atoms with Crippen LogP contribution in [0, 0.1) is 10.8 Å². The van der Waals surface area contributed by atoms with E-state index in [-0.39, 0.29) is 10.8 Å². The van der Waals surface area contributed by atoms with Gasteiger partial charge < -0.3 is 0 Å². The Balaban J connectivity index is 1.93. The second-order valence-electron chi connectivity index (χ2n) is 7.18. The topological polar surface area (TPSA) is 17.1 Å². The molecule has 2 atom stereocenters. The number of ketones is 1. The Morgan fingerprint density at radius 2 is 1.64 bits per heavy atom. The second kappa shape index (κ2) is 3.60. The summed E-state index contributed by atoms with van der Waals surface area (Å²) < 4.78 is 0. The molecule has 0 amide bonds. The summed E-state index contributed by atoms with van der Waals surface area (Å²) in [6.45, 7) is 4.72. The summed E-state index contributed by atoms with van der Waals surface area (Å²) >= 11 is 0. The van der Waals surface area contributed by atoms with Crippen molar-refractivity contribution in [1.82, 2.24) is 0 Å². The van der Waals surface area contributed by atoms with Crippen molar-refractivity contribution in [2.45, 2.75) is 26.7 Å². The van der Waals surface area contributed by atoms with E-state index in [0.29, 0.717) is 12.2 Å². The van der Waals surface area contributed by atoms with Crippen LogP contribution in [0.1, 0.15) is 26.7 Å². The summed E-state index contributed by atoms with van der Waals surface area (Å²) in [5, 5.41) is 0. The molecule has 0 aliphatic heterocycles. The van der Waals surface area contributed by atoms with Crippen LogP contribution in [0.4, 0.5) is 0 Å². The molecule has 0 heterocycles. The Morgan fingerprint density at radius 1 is 0.864 bits per heavy atom. The van der Waals surface area contributed by atoms with Gasteiger partial charge in [-0.15, -0.1) is 0 Å². The third kappa shape index (κ3) is 1.10. The summed E-state index contributed by atoms with van der Waals surface area (Å²) in [6, 6.07) is 0. The van der Waals surface area contributed by atoms with Crippen LogP contribution in [0.2, 0.25) is 0 Å². The number of hydrogen-bond acceptors (Lipinski definition) is 1. The van der Waals surface area contributed by atoms with Gasteiger partial charge in [-0.2, -0.15) is 0 Å². The number of carbonyl (C=O) groups is 1. The fourth-order valence-electron chi connectivity index (χ4n) is 5.05. The maximum absolute atomic E-state index is 12.2. The van der Waals surface area contributed by atoms with Gasteiger partial charge >= 0.3 is 0 Å². The first-order valence-corrected chi connectivity index (χ1v) is 8.05. The molecule has 0 aromatic carbocycles. The Morgan fingerprint density at radius 3 is 2.50 bits per heavy atom. The zero-order chi connectivity index (χ0) is 15.1.